The third-order valence-corrected chi connectivity index (χ3v) is 7.37. The number of morpholine rings is 1. The summed E-state index contributed by atoms with van der Waals surface area (Å²) >= 11 is 1.55. The average Bonchev–Trinajstić information content (AvgIpc) is 3.43. The minimum absolute atomic E-state index is 0.339. The molecule has 0 unspecified atom stereocenters. The molecular weight excluding hydrogens is 436 g/mol. The summed E-state index contributed by atoms with van der Waals surface area (Å²) in [5, 5.41) is 8.11. The first-order valence-corrected chi connectivity index (χ1v) is 12.0. The first kappa shape index (κ1) is 20.3. The van der Waals surface area contributed by atoms with Crippen LogP contribution in [0.1, 0.15) is 11.8 Å². The van der Waals surface area contributed by atoms with Gasteiger partial charge >= 0.3 is 0 Å². The smallest absolute Gasteiger partial charge is 0.204 e. The van der Waals surface area contributed by atoms with Crippen LogP contribution in [0.2, 0.25) is 0 Å². The molecule has 0 atom stereocenters. The molecule has 162 valence electrons. The number of hydrogen-bond acceptors (Lipinski definition) is 8. The van der Waals surface area contributed by atoms with Gasteiger partial charge in [0.25, 0.3) is 0 Å². The standard InChI is InChI=1S/C20H22N6O3S2/c1-2-26(31(27)28)12-13-10-17-18(30-13)20(25-6-8-29-9-7-25)23-19(22-17)14-4-3-5-16-15(14)11-21-24-16/h3-5,10-11,31H,2,6-9,12H2,1H3,(H,21,24). The molecule has 5 rings (SSSR count). The predicted molar refractivity (Wildman–Crippen MR) is 122 cm³/mol. The zero-order chi connectivity index (χ0) is 21.4. The molecule has 4 aromatic rings. The lowest BCUT2D eigenvalue weighted by molar-refractivity contribution is 0.122. The average molecular weight is 459 g/mol. The maximum Gasteiger partial charge on any atom is 0.204 e. The summed E-state index contributed by atoms with van der Waals surface area (Å²) in [6.07, 6.45) is 1.79. The Bertz CT molecular complexity index is 1300. The van der Waals surface area contributed by atoms with E-state index in [0.29, 0.717) is 32.1 Å². The van der Waals surface area contributed by atoms with Gasteiger partial charge in [-0.3, -0.25) is 5.10 Å². The fourth-order valence-electron chi connectivity index (χ4n) is 3.78. The number of thiophene rings is 1. The molecule has 9 nitrogen and oxygen atoms in total. The zero-order valence-electron chi connectivity index (χ0n) is 16.9. The van der Waals surface area contributed by atoms with Crippen LogP contribution in [0, 0.1) is 0 Å². The number of hydrogen-bond donors (Lipinski definition) is 2. The third-order valence-electron chi connectivity index (χ3n) is 5.38. The Labute approximate surface area is 184 Å². The van der Waals surface area contributed by atoms with Crippen LogP contribution in [-0.2, 0) is 22.2 Å². The molecule has 1 aromatic carbocycles. The van der Waals surface area contributed by atoms with E-state index < -0.39 is 10.9 Å². The molecule has 1 saturated heterocycles. The summed E-state index contributed by atoms with van der Waals surface area (Å²) in [6.45, 7) is 5.41. The summed E-state index contributed by atoms with van der Waals surface area (Å²) in [6, 6.07) is 7.91. The quantitative estimate of drug-likeness (QED) is 0.428. The summed E-state index contributed by atoms with van der Waals surface area (Å²) < 4.78 is 30.9. The van der Waals surface area contributed by atoms with Crippen molar-refractivity contribution in [2.24, 2.45) is 0 Å². The van der Waals surface area contributed by atoms with Crippen LogP contribution in [0.3, 0.4) is 0 Å². The van der Waals surface area contributed by atoms with Gasteiger partial charge in [0.05, 0.1) is 35.1 Å². The van der Waals surface area contributed by atoms with E-state index in [1.807, 2.05) is 31.2 Å². The van der Waals surface area contributed by atoms with Crippen molar-refractivity contribution >= 4 is 49.2 Å². The van der Waals surface area contributed by atoms with Gasteiger partial charge in [-0.05, 0) is 12.1 Å². The molecule has 0 aliphatic carbocycles. The van der Waals surface area contributed by atoms with Crippen LogP contribution < -0.4 is 4.90 Å². The van der Waals surface area contributed by atoms with E-state index in [1.165, 1.54) is 4.31 Å². The van der Waals surface area contributed by atoms with Crippen molar-refractivity contribution in [3.63, 3.8) is 0 Å². The van der Waals surface area contributed by atoms with Crippen molar-refractivity contribution in [1.29, 1.82) is 0 Å². The van der Waals surface area contributed by atoms with Gasteiger partial charge in [-0.1, -0.05) is 19.1 Å². The topological polar surface area (TPSA) is 104 Å². The van der Waals surface area contributed by atoms with E-state index in [0.717, 1.165) is 50.5 Å². The Balaban J connectivity index is 1.66. The molecule has 0 amide bonds. The molecule has 0 radical (unpaired) electrons. The van der Waals surface area contributed by atoms with E-state index in [2.05, 4.69) is 15.1 Å². The minimum Gasteiger partial charge on any atom is -0.378 e. The molecule has 0 saturated carbocycles. The molecule has 1 fully saturated rings. The number of fused-ring (bicyclic) bond motifs is 2. The fourth-order valence-corrected chi connectivity index (χ4v) is 5.50. The number of aromatic amines is 1. The Morgan fingerprint density at radius 3 is 2.87 bits per heavy atom. The number of aromatic nitrogens is 4. The van der Waals surface area contributed by atoms with Gasteiger partial charge in [0, 0.05) is 42.0 Å². The van der Waals surface area contributed by atoms with E-state index in [1.54, 1.807) is 17.5 Å². The van der Waals surface area contributed by atoms with Crippen molar-refractivity contribution in [3.8, 4) is 11.4 Å². The van der Waals surface area contributed by atoms with Crippen molar-refractivity contribution in [2.75, 3.05) is 37.7 Å². The monoisotopic (exact) mass is 458 g/mol. The number of rotatable bonds is 6. The summed E-state index contributed by atoms with van der Waals surface area (Å²) in [7, 11) is -2.63. The molecular formula is C20H22N6O3S2. The van der Waals surface area contributed by atoms with E-state index >= 15 is 0 Å². The number of thiol groups is 1. The van der Waals surface area contributed by atoms with Crippen molar-refractivity contribution in [2.45, 2.75) is 13.5 Å². The Morgan fingerprint density at radius 2 is 2.10 bits per heavy atom. The first-order chi connectivity index (χ1) is 15.1. The van der Waals surface area contributed by atoms with Gasteiger partial charge in [0.1, 0.15) is 0 Å². The largest absolute Gasteiger partial charge is 0.378 e. The third kappa shape index (κ3) is 3.89. The van der Waals surface area contributed by atoms with Gasteiger partial charge < -0.3 is 9.64 Å². The first-order valence-electron chi connectivity index (χ1n) is 10.1. The highest BCUT2D eigenvalue weighted by molar-refractivity contribution is 7.69. The lowest BCUT2D eigenvalue weighted by Crippen LogP contribution is -2.36. The van der Waals surface area contributed by atoms with Crippen molar-refractivity contribution in [3.05, 3.63) is 35.3 Å². The van der Waals surface area contributed by atoms with E-state index in [4.69, 9.17) is 14.7 Å². The lowest BCUT2D eigenvalue weighted by atomic mass is 10.1. The Kier molecular flexibility index (Phi) is 5.57. The maximum absolute atomic E-state index is 11.5. The highest BCUT2D eigenvalue weighted by Crippen LogP contribution is 2.36. The van der Waals surface area contributed by atoms with Gasteiger partial charge in [-0.25, -0.2) is 18.4 Å². The van der Waals surface area contributed by atoms with Crippen LogP contribution in [0.5, 0.6) is 0 Å². The minimum atomic E-state index is -2.63. The van der Waals surface area contributed by atoms with Crippen LogP contribution in [0.25, 0.3) is 32.5 Å². The Morgan fingerprint density at radius 1 is 1.26 bits per heavy atom. The second-order valence-corrected chi connectivity index (χ2v) is 9.43. The van der Waals surface area contributed by atoms with Crippen LogP contribution >= 0.6 is 11.3 Å². The molecule has 1 aliphatic rings. The van der Waals surface area contributed by atoms with Crippen LogP contribution in [0.4, 0.5) is 5.82 Å². The van der Waals surface area contributed by atoms with Gasteiger partial charge in [0.2, 0.25) is 10.9 Å². The second kappa shape index (κ2) is 8.50. The molecule has 31 heavy (non-hydrogen) atoms. The van der Waals surface area contributed by atoms with Gasteiger partial charge in [-0.2, -0.15) is 9.40 Å². The van der Waals surface area contributed by atoms with E-state index in [-0.39, 0.29) is 0 Å². The predicted octanol–water partition coefficient (Wildman–Crippen LogP) is 2.42. The molecule has 0 spiro atoms. The molecule has 1 aliphatic heterocycles. The molecule has 3 aromatic heterocycles. The molecule has 4 heterocycles. The number of nitrogens with one attached hydrogen (secondary N) is 1. The number of H-pyrrole nitrogens is 1. The molecule has 1 N–H and O–H groups in total. The highest BCUT2D eigenvalue weighted by Gasteiger charge is 2.21. The highest BCUT2D eigenvalue weighted by atomic mass is 32.2. The van der Waals surface area contributed by atoms with Gasteiger partial charge in [0.15, 0.2) is 11.6 Å². The van der Waals surface area contributed by atoms with Crippen molar-refractivity contribution < 1.29 is 13.2 Å². The lowest BCUT2D eigenvalue weighted by Gasteiger charge is -2.28. The zero-order valence-corrected chi connectivity index (χ0v) is 18.7. The molecule has 11 heteroatoms. The number of benzene rings is 1. The normalized spacial score (nSPS) is 15.0. The maximum atomic E-state index is 11.5. The summed E-state index contributed by atoms with van der Waals surface area (Å²) in [5.74, 6) is 1.50. The van der Waals surface area contributed by atoms with Crippen LogP contribution in [0.15, 0.2) is 30.5 Å². The number of nitrogens with zero attached hydrogens (tertiary/aromatic N) is 5. The summed E-state index contributed by atoms with van der Waals surface area (Å²) in [4.78, 5) is 13.0. The molecule has 0 bridgehead atoms. The van der Waals surface area contributed by atoms with E-state index in [9.17, 15) is 8.42 Å². The Hall–Kier alpha value is -2.60. The fraction of sp³-hybridized carbons (Fsp3) is 0.350. The second-order valence-electron chi connectivity index (χ2n) is 7.25. The summed E-state index contributed by atoms with van der Waals surface area (Å²) in [5.41, 5.74) is 2.66. The van der Waals surface area contributed by atoms with Gasteiger partial charge in [-0.15, -0.1) is 11.3 Å². The SMILES string of the molecule is CCN(Cc1cc2nc(-c3cccc4[nH]ncc34)nc(N3CCOCC3)c2s1)[SH](=O)=O. The number of anilines is 1. The number of ether oxygens (including phenoxy) is 1. The van der Waals surface area contributed by atoms with Crippen LogP contribution in [-0.4, -0.2) is 65.7 Å². The van der Waals surface area contributed by atoms with Crippen molar-refractivity contribution in [1.82, 2.24) is 24.5 Å².